The van der Waals surface area contributed by atoms with Gasteiger partial charge in [0, 0.05) is 29.8 Å². The van der Waals surface area contributed by atoms with Crippen molar-refractivity contribution in [3.63, 3.8) is 0 Å². The van der Waals surface area contributed by atoms with E-state index >= 15 is 0 Å². The molecule has 2 aromatic carbocycles. The minimum atomic E-state index is -0.419. The van der Waals surface area contributed by atoms with Crippen molar-refractivity contribution in [1.29, 1.82) is 0 Å². The Hall–Kier alpha value is -3.80. The van der Waals surface area contributed by atoms with E-state index in [0.29, 0.717) is 39.5 Å². The number of amides is 2. The van der Waals surface area contributed by atoms with Crippen LogP contribution < -0.4 is 16.2 Å². The second kappa shape index (κ2) is 10.7. The van der Waals surface area contributed by atoms with Gasteiger partial charge in [-0.1, -0.05) is 29.1 Å². The topological polar surface area (TPSA) is 96.3 Å². The van der Waals surface area contributed by atoms with Gasteiger partial charge in [0.15, 0.2) is 0 Å². The lowest BCUT2D eigenvalue weighted by molar-refractivity contribution is 0.0653. The number of aromatic nitrogens is 2. The van der Waals surface area contributed by atoms with Crippen molar-refractivity contribution in [2.24, 2.45) is 0 Å². The number of hydrogen-bond acceptors (Lipinski definition) is 5. The Morgan fingerprint density at radius 2 is 1.81 bits per heavy atom. The van der Waals surface area contributed by atoms with Crippen molar-refractivity contribution in [3.05, 3.63) is 85.2 Å². The zero-order chi connectivity index (χ0) is 26.9. The second-order valence-electron chi connectivity index (χ2n) is 8.77. The lowest BCUT2D eigenvalue weighted by Crippen LogP contribution is -2.46. The lowest BCUT2D eigenvalue weighted by atomic mass is 9.98. The lowest BCUT2D eigenvalue weighted by Gasteiger charge is -2.34. The predicted molar refractivity (Wildman–Crippen MR) is 145 cm³/mol. The number of halogens is 2. The first-order chi connectivity index (χ1) is 17.6. The molecule has 0 saturated carbocycles. The molecule has 10 heteroatoms. The fraction of sp³-hybridized carbons (Fsp3) is 0.259. The van der Waals surface area contributed by atoms with E-state index in [0.717, 1.165) is 0 Å². The molecule has 4 rings (SSSR count). The summed E-state index contributed by atoms with van der Waals surface area (Å²) in [6.45, 7) is 3.79. The molecule has 2 unspecified atom stereocenters. The quantitative estimate of drug-likeness (QED) is 0.481. The third-order valence-electron chi connectivity index (χ3n) is 6.25. The average Bonchev–Trinajstić information content (AvgIpc) is 2.89. The number of anilines is 1. The van der Waals surface area contributed by atoms with Crippen molar-refractivity contribution in [2.75, 3.05) is 12.4 Å². The maximum atomic E-state index is 13.8. The molecule has 2 heterocycles. The number of carbonyl (C=O) groups excluding carboxylic acids is 2. The maximum Gasteiger partial charge on any atom is 0.263 e. The van der Waals surface area contributed by atoms with Crippen LogP contribution in [-0.2, 0) is 13.0 Å². The summed E-state index contributed by atoms with van der Waals surface area (Å²) in [6, 6.07) is 10.7. The molecule has 0 bridgehead atoms. The first-order valence-corrected chi connectivity index (χ1v) is 12.4. The van der Waals surface area contributed by atoms with Crippen LogP contribution in [0.15, 0.2) is 47.3 Å². The highest BCUT2D eigenvalue weighted by atomic mass is 35.5. The van der Waals surface area contributed by atoms with Gasteiger partial charge in [-0.2, -0.15) is 0 Å². The van der Waals surface area contributed by atoms with Gasteiger partial charge < -0.3 is 15.5 Å². The Bertz CT molecular complexity index is 1480. The number of rotatable bonds is 5. The molecule has 2 N–H and O–H groups in total. The van der Waals surface area contributed by atoms with Gasteiger partial charge in [-0.05, 0) is 62.7 Å². The molecule has 1 aromatic heterocycles. The van der Waals surface area contributed by atoms with Crippen LogP contribution in [0.5, 0.6) is 0 Å². The van der Waals surface area contributed by atoms with E-state index in [-0.39, 0.29) is 40.9 Å². The molecule has 0 radical (unpaired) electrons. The summed E-state index contributed by atoms with van der Waals surface area (Å²) >= 11 is 12.1. The summed E-state index contributed by atoms with van der Waals surface area (Å²) in [5, 5.41) is 6.32. The highest BCUT2D eigenvalue weighted by molar-refractivity contribution is 6.42. The third kappa shape index (κ3) is 5.19. The zero-order valence-corrected chi connectivity index (χ0v) is 22.0. The van der Waals surface area contributed by atoms with Crippen LogP contribution in [0.3, 0.4) is 0 Å². The van der Waals surface area contributed by atoms with E-state index < -0.39 is 6.04 Å². The van der Waals surface area contributed by atoms with Crippen molar-refractivity contribution in [3.8, 4) is 18.0 Å². The van der Waals surface area contributed by atoms with Crippen LogP contribution >= 0.6 is 23.2 Å². The van der Waals surface area contributed by atoms with Gasteiger partial charge in [-0.15, -0.1) is 6.42 Å². The van der Waals surface area contributed by atoms with Gasteiger partial charge in [-0.25, -0.2) is 9.55 Å². The van der Waals surface area contributed by atoms with Crippen LogP contribution in [0.25, 0.3) is 5.69 Å². The van der Waals surface area contributed by atoms with E-state index in [1.165, 1.54) is 10.6 Å². The molecule has 1 aliphatic rings. The summed E-state index contributed by atoms with van der Waals surface area (Å²) in [5.41, 5.74) is 2.12. The van der Waals surface area contributed by atoms with Crippen molar-refractivity contribution in [1.82, 2.24) is 19.8 Å². The molecule has 2 atom stereocenters. The molecule has 1 aliphatic heterocycles. The summed E-state index contributed by atoms with van der Waals surface area (Å²) < 4.78 is 1.45. The maximum absolute atomic E-state index is 13.8. The monoisotopic (exact) mass is 537 g/mol. The normalized spacial score (nSPS) is 15.4. The first-order valence-electron chi connectivity index (χ1n) is 11.6. The summed E-state index contributed by atoms with van der Waals surface area (Å²) in [5.74, 6) is 2.36. The molecule has 0 spiro atoms. The molecule has 0 saturated heterocycles. The van der Waals surface area contributed by atoms with E-state index in [2.05, 4.69) is 16.6 Å². The van der Waals surface area contributed by atoms with Crippen molar-refractivity contribution >= 4 is 41.0 Å². The number of fused-ring (bicyclic) bond motifs is 1. The van der Waals surface area contributed by atoms with Crippen molar-refractivity contribution in [2.45, 2.75) is 38.9 Å². The molecule has 0 fully saturated rings. The van der Waals surface area contributed by atoms with Crippen LogP contribution in [0.1, 0.15) is 45.8 Å². The Kier molecular flexibility index (Phi) is 7.58. The van der Waals surface area contributed by atoms with Gasteiger partial charge >= 0.3 is 0 Å². The average molecular weight is 538 g/mol. The standard InChI is InChI=1S/C27H25Cl2N5O3/c1-5-15(2)31-27-32-23-14-33(25(36)18-8-11-21(28)22(29)13-18)16(3)12-20(23)26(37)34(27)19-9-6-17(7-10-19)24(35)30-4/h1,6-11,13,15-16H,12,14H2,2-4H3,(H,30,35)(H,31,32). The molecule has 2 amide bonds. The Morgan fingerprint density at radius 3 is 2.43 bits per heavy atom. The first kappa shape index (κ1) is 26.3. The van der Waals surface area contributed by atoms with Gasteiger partial charge in [0.2, 0.25) is 5.95 Å². The van der Waals surface area contributed by atoms with E-state index in [9.17, 15) is 14.4 Å². The smallest absolute Gasteiger partial charge is 0.263 e. The highest BCUT2D eigenvalue weighted by Crippen LogP contribution is 2.27. The minimum absolute atomic E-state index is 0.139. The molecule has 3 aromatic rings. The predicted octanol–water partition coefficient (Wildman–Crippen LogP) is 3.92. The SMILES string of the molecule is C#CC(C)Nc1nc2c(c(=O)n1-c1ccc(C(=O)NC)cc1)CC(C)N(C(=O)c1ccc(Cl)c(Cl)c1)C2. The van der Waals surface area contributed by atoms with E-state index in [1.54, 1.807) is 55.3 Å². The third-order valence-corrected chi connectivity index (χ3v) is 6.99. The number of nitrogens with zero attached hydrogens (tertiary/aromatic N) is 3. The summed E-state index contributed by atoms with van der Waals surface area (Å²) in [6.07, 6.45) is 5.89. The van der Waals surface area contributed by atoms with Crippen molar-refractivity contribution < 1.29 is 9.59 Å². The number of carbonyl (C=O) groups is 2. The fourth-order valence-corrected chi connectivity index (χ4v) is 4.50. The molecular weight excluding hydrogens is 513 g/mol. The van der Waals surface area contributed by atoms with Crippen LogP contribution in [0, 0.1) is 12.3 Å². The summed E-state index contributed by atoms with van der Waals surface area (Å²) in [7, 11) is 1.55. The Balaban J connectivity index is 1.77. The van der Waals surface area contributed by atoms with Crippen LogP contribution in [0.2, 0.25) is 10.0 Å². The van der Waals surface area contributed by atoms with E-state index in [4.69, 9.17) is 34.6 Å². The number of nitrogens with one attached hydrogen (secondary N) is 2. The van der Waals surface area contributed by atoms with E-state index in [1.807, 2.05) is 6.92 Å². The minimum Gasteiger partial charge on any atom is -0.355 e. The van der Waals surface area contributed by atoms with Crippen LogP contribution in [-0.4, -0.2) is 45.4 Å². The van der Waals surface area contributed by atoms with Gasteiger partial charge in [-0.3, -0.25) is 14.4 Å². The van der Waals surface area contributed by atoms with Gasteiger partial charge in [0.25, 0.3) is 17.4 Å². The molecular formula is C27H25Cl2N5O3. The zero-order valence-electron chi connectivity index (χ0n) is 20.5. The number of hydrogen-bond donors (Lipinski definition) is 2. The van der Waals surface area contributed by atoms with Gasteiger partial charge in [0.05, 0.1) is 34.0 Å². The molecule has 0 aliphatic carbocycles. The molecule has 37 heavy (non-hydrogen) atoms. The fourth-order valence-electron chi connectivity index (χ4n) is 4.20. The summed E-state index contributed by atoms with van der Waals surface area (Å²) in [4.78, 5) is 45.4. The largest absolute Gasteiger partial charge is 0.355 e. The Labute approximate surface area is 224 Å². The van der Waals surface area contributed by atoms with Crippen LogP contribution in [0.4, 0.5) is 5.95 Å². The number of benzene rings is 2. The second-order valence-corrected chi connectivity index (χ2v) is 9.59. The highest BCUT2D eigenvalue weighted by Gasteiger charge is 2.32. The Morgan fingerprint density at radius 1 is 1.14 bits per heavy atom. The molecule has 190 valence electrons. The number of terminal acetylenes is 1. The molecule has 8 nitrogen and oxygen atoms in total. The van der Waals surface area contributed by atoms with Gasteiger partial charge in [0.1, 0.15) is 0 Å².